The number of pyridine rings is 1. The molecule has 4 heterocycles. The van der Waals surface area contributed by atoms with Gasteiger partial charge >= 0.3 is 0 Å². The average molecular weight is 407 g/mol. The smallest absolute Gasteiger partial charge is 0.230 e. The van der Waals surface area contributed by atoms with Crippen LogP contribution in [0.5, 0.6) is 0 Å². The standard InChI is InChI=1S/C22H26N6S/c1-29-20-12-17-14-25-22(27-21(17)28(20)18-4-2-3-5-18)26-19-7-6-16(13-24-19)15-8-10-23-11-9-15/h6-8,12-14,18,23H,2-5,9-11H2,1H3,(H,24,25,26,27). The summed E-state index contributed by atoms with van der Waals surface area (Å²) in [6.45, 7) is 1.96. The number of aromatic nitrogens is 4. The van der Waals surface area contributed by atoms with E-state index < -0.39 is 0 Å². The van der Waals surface area contributed by atoms with E-state index in [1.54, 1.807) is 11.8 Å². The lowest BCUT2D eigenvalue weighted by Gasteiger charge is -2.16. The Kier molecular flexibility index (Phi) is 5.24. The summed E-state index contributed by atoms with van der Waals surface area (Å²) in [5.74, 6) is 1.37. The first-order chi connectivity index (χ1) is 14.3. The molecular formula is C22H26N6S. The van der Waals surface area contributed by atoms with Gasteiger partial charge < -0.3 is 15.2 Å². The summed E-state index contributed by atoms with van der Waals surface area (Å²) in [4.78, 5) is 14.0. The molecular weight excluding hydrogens is 380 g/mol. The number of fused-ring (bicyclic) bond motifs is 1. The second-order valence-electron chi connectivity index (χ2n) is 7.71. The Morgan fingerprint density at radius 1 is 1.17 bits per heavy atom. The maximum Gasteiger partial charge on any atom is 0.230 e. The summed E-state index contributed by atoms with van der Waals surface area (Å²) in [6.07, 6.45) is 14.4. The molecule has 29 heavy (non-hydrogen) atoms. The molecule has 6 nitrogen and oxygen atoms in total. The van der Waals surface area contributed by atoms with E-state index in [2.05, 4.69) is 49.6 Å². The third-order valence-corrected chi connectivity index (χ3v) is 6.61. The molecule has 1 saturated carbocycles. The molecule has 0 aromatic carbocycles. The summed E-state index contributed by atoms with van der Waals surface area (Å²) in [6, 6.07) is 6.89. The van der Waals surface area contributed by atoms with Gasteiger partial charge in [-0.25, -0.2) is 9.97 Å². The van der Waals surface area contributed by atoms with Crippen molar-refractivity contribution in [3.05, 3.63) is 42.2 Å². The van der Waals surface area contributed by atoms with Crippen molar-refractivity contribution < 1.29 is 0 Å². The highest BCUT2D eigenvalue weighted by Crippen LogP contribution is 2.37. The van der Waals surface area contributed by atoms with Crippen molar-refractivity contribution >= 4 is 40.1 Å². The van der Waals surface area contributed by atoms with E-state index in [9.17, 15) is 0 Å². The molecule has 3 aromatic rings. The first-order valence-electron chi connectivity index (χ1n) is 10.4. The molecule has 150 valence electrons. The molecule has 1 aliphatic carbocycles. The highest BCUT2D eigenvalue weighted by atomic mass is 32.2. The predicted octanol–water partition coefficient (Wildman–Crippen LogP) is 4.78. The van der Waals surface area contributed by atoms with E-state index in [1.807, 2.05) is 18.5 Å². The number of hydrogen-bond acceptors (Lipinski definition) is 6. The molecule has 5 rings (SSSR count). The van der Waals surface area contributed by atoms with Gasteiger partial charge in [-0.1, -0.05) is 18.9 Å². The van der Waals surface area contributed by atoms with E-state index in [0.717, 1.165) is 36.4 Å². The molecule has 2 aliphatic rings. The van der Waals surface area contributed by atoms with Crippen molar-refractivity contribution in [1.29, 1.82) is 0 Å². The number of thioether (sulfide) groups is 1. The molecule has 0 radical (unpaired) electrons. The van der Waals surface area contributed by atoms with Crippen LogP contribution in [0.2, 0.25) is 0 Å². The molecule has 0 atom stereocenters. The zero-order valence-electron chi connectivity index (χ0n) is 16.7. The van der Waals surface area contributed by atoms with Gasteiger partial charge in [-0.05, 0) is 61.4 Å². The number of hydrogen-bond donors (Lipinski definition) is 2. The van der Waals surface area contributed by atoms with Gasteiger partial charge in [0.2, 0.25) is 5.95 Å². The Morgan fingerprint density at radius 3 is 2.79 bits per heavy atom. The Balaban J connectivity index is 1.41. The fourth-order valence-electron chi connectivity index (χ4n) is 4.37. The van der Waals surface area contributed by atoms with Crippen LogP contribution in [0.1, 0.15) is 43.7 Å². The second kappa shape index (κ2) is 8.16. The predicted molar refractivity (Wildman–Crippen MR) is 120 cm³/mol. The highest BCUT2D eigenvalue weighted by molar-refractivity contribution is 7.98. The van der Waals surface area contributed by atoms with Crippen LogP contribution in [0.15, 0.2) is 41.7 Å². The largest absolute Gasteiger partial charge is 0.317 e. The first-order valence-corrected chi connectivity index (χ1v) is 11.6. The third kappa shape index (κ3) is 3.76. The van der Waals surface area contributed by atoms with Crippen molar-refractivity contribution in [2.45, 2.75) is 43.2 Å². The quantitative estimate of drug-likeness (QED) is 0.594. The molecule has 1 aliphatic heterocycles. The van der Waals surface area contributed by atoms with Gasteiger partial charge in [0.25, 0.3) is 0 Å². The Bertz CT molecular complexity index is 1030. The zero-order chi connectivity index (χ0) is 19.6. The van der Waals surface area contributed by atoms with Crippen LogP contribution < -0.4 is 10.6 Å². The summed E-state index contributed by atoms with van der Waals surface area (Å²) in [7, 11) is 0. The lowest BCUT2D eigenvalue weighted by Crippen LogP contribution is -2.20. The summed E-state index contributed by atoms with van der Waals surface area (Å²) < 4.78 is 2.42. The van der Waals surface area contributed by atoms with Gasteiger partial charge in [0.15, 0.2) is 0 Å². The molecule has 3 aromatic heterocycles. The van der Waals surface area contributed by atoms with Gasteiger partial charge in [-0.15, -0.1) is 11.8 Å². The fraction of sp³-hybridized carbons (Fsp3) is 0.409. The molecule has 0 saturated heterocycles. The first kappa shape index (κ1) is 18.6. The number of nitrogens with one attached hydrogen (secondary N) is 2. The normalized spacial score (nSPS) is 17.6. The maximum atomic E-state index is 4.86. The van der Waals surface area contributed by atoms with Crippen molar-refractivity contribution in [3.8, 4) is 0 Å². The fourth-order valence-corrected chi connectivity index (χ4v) is 5.05. The van der Waals surface area contributed by atoms with E-state index in [-0.39, 0.29) is 0 Å². The van der Waals surface area contributed by atoms with E-state index in [1.165, 1.54) is 41.8 Å². The van der Waals surface area contributed by atoms with Crippen LogP contribution >= 0.6 is 11.8 Å². The van der Waals surface area contributed by atoms with Gasteiger partial charge in [0.05, 0.1) is 5.03 Å². The molecule has 7 heteroatoms. The van der Waals surface area contributed by atoms with Gasteiger partial charge in [-0.2, -0.15) is 4.98 Å². The maximum absolute atomic E-state index is 4.86. The summed E-state index contributed by atoms with van der Waals surface area (Å²) in [5.41, 5.74) is 3.57. The second-order valence-corrected chi connectivity index (χ2v) is 8.53. The lowest BCUT2D eigenvalue weighted by molar-refractivity contribution is 0.501. The number of anilines is 2. The molecule has 2 N–H and O–H groups in total. The molecule has 0 unspecified atom stereocenters. The van der Waals surface area contributed by atoms with Crippen molar-refractivity contribution in [2.24, 2.45) is 0 Å². The van der Waals surface area contributed by atoms with Crippen LogP contribution in [-0.2, 0) is 0 Å². The van der Waals surface area contributed by atoms with Crippen LogP contribution in [-0.4, -0.2) is 38.9 Å². The highest BCUT2D eigenvalue weighted by Gasteiger charge is 2.22. The molecule has 0 spiro atoms. The monoisotopic (exact) mass is 406 g/mol. The van der Waals surface area contributed by atoms with Crippen LogP contribution in [0.3, 0.4) is 0 Å². The van der Waals surface area contributed by atoms with Gasteiger partial charge in [0.1, 0.15) is 11.5 Å². The average Bonchev–Trinajstić information content (AvgIpc) is 3.42. The summed E-state index contributed by atoms with van der Waals surface area (Å²) in [5, 5.41) is 9.01. The van der Waals surface area contributed by atoms with Gasteiger partial charge in [0, 0.05) is 30.4 Å². The minimum Gasteiger partial charge on any atom is -0.317 e. The topological polar surface area (TPSA) is 67.7 Å². The van der Waals surface area contributed by atoms with Crippen LogP contribution in [0.4, 0.5) is 11.8 Å². The van der Waals surface area contributed by atoms with E-state index in [4.69, 9.17) is 4.98 Å². The minimum atomic E-state index is 0.549. The summed E-state index contributed by atoms with van der Waals surface area (Å²) >= 11 is 1.79. The van der Waals surface area contributed by atoms with Crippen LogP contribution in [0.25, 0.3) is 16.6 Å². The van der Waals surface area contributed by atoms with Crippen LogP contribution in [0, 0.1) is 0 Å². The van der Waals surface area contributed by atoms with Gasteiger partial charge in [-0.3, -0.25) is 0 Å². The Morgan fingerprint density at radius 2 is 2.07 bits per heavy atom. The Hall–Kier alpha value is -2.38. The SMILES string of the molecule is CSc1cc2cnc(Nc3ccc(C4=CCNCC4)cn3)nc2n1C1CCCC1. The van der Waals surface area contributed by atoms with Crippen molar-refractivity contribution in [1.82, 2.24) is 24.8 Å². The Labute approximate surface area is 175 Å². The number of rotatable bonds is 5. The third-order valence-electron chi connectivity index (χ3n) is 5.88. The number of nitrogens with zero attached hydrogens (tertiary/aromatic N) is 4. The lowest BCUT2D eigenvalue weighted by atomic mass is 10.0. The van der Waals surface area contributed by atoms with Crippen molar-refractivity contribution in [3.63, 3.8) is 0 Å². The van der Waals surface area contributed by atoms with E-state index in [0.29, 0.717) is 12.0 Å². The zero-order valence-corrected chi connectivity index (χ0v) is 17.5. The molecule has 0 bridgehead atoms. The molecule has 0 amide bonds. The molecule has 1 fully saturated rings. The van der Waals surface area contributed by atoms with E-state index >= 15 is 0 Å². The minimum absolute atomic E-state index is 0.549. The van der Waals surface area contributed by atoms with Crippen molar-refractivity contribution in [2.75, 3.05) is 24.7 Å².